The predicted octanol–water partition coefficient (Wildman–Crippen LogP) is 4.57. The zero-order valence-electron chi connectivity index (χ0n) is 18.2. The van der Waals surface area contributed by atoms with E-state index in [9.17, 15) is 14.7 Å². The summed E-state index contributed by atoms with van der Waals surface area (Å²) in [7, 11) is 0. The maximum atomic E-state index is 12.2. The Morgan fingerprint density at radius 3 is 2.18 bits per heavy atom. The van der Waals surface area contributed by atoms with Crippen LogP contribution in [0.3, 0.4) is 0 Å². The Labute approximate surface area is 172 Å². The molecule has 0 aliphatic carbocycles. The number of carbonyl (C=O) groups is 2. The van der Waals surface area contributed by atoms with Crippen LogP contribution in [0.4, 0.5) is 0 Å². The second-order valence-electron chi connectivity index (χ2n) is 8.30. The molecule has 28 heavy (non-hydrogen) atoms. The molecule has 1 heterocycles. The standard InChI is InChI=1S/C23H44N2O3/c1-2-3-4-5-6-7-8-9-11-16-22(27)24-18-13-10-12-17-23(28)25-19-14-15-21(25)20-26/h21,26H,2-20H2,1H3,(H,24,27)/t21-/m0/s1. The van der Waals surface area contributed by atoms with Crippen molar-refractivity contribution in [2.45, 2.75) is 116 Å². The van der Waals surface area contributed by atoms with Gasteiger partial charge in [0.05, 0.1) is 12.6 Å². The van der Waals surface area contributed by atoms with E-state index in [2.05, 4.69) is 12.2 Å². The van der Waals surface area contributed by atoms with Crippen LogP contribution in [-0.2, 0) is 9.59 Å². The molecule has 0 aromatic rings. The van der Waals surface area contributed by atoms with Crippen molar-refractivity contribution in [3.63, 3.8) is 0 Å². The Morgan fingerprint density at radius 1 is 0.893 bits per heavy atom. The van der Waals surface area contributed by atoms with Gasteiger partial charge in [-0.1, -0.05) is 64.7 Å². The van der Waals surface area contributed by atoms with Gasteiger partial charge in [0.1, 0.15) is 0 Å². The summed E-state index contributed by atoms with van der Waals surface area (Å²) in [5.41, 5.74) is 0. The Morgan fingerprint density at radius 2 is 1.50 bits per heavy atom. The summed E-state index contributed by atoms with van der Waals surface area (Å²) in [6.07, 6.45) is 17.3. The lowest BCUT2D eigenvalue weighted by atomic mass is 10.1. The SMILES string of the molecule is CCCCCCCCCCCC(=O)NCCCCCC(=O)N1CCC[C@H]1CO. The highest BCUT2D eigenvalue weighted by Gasteiger charge is 2.27. The number of likely N-dealkylation sites (tertiary alicyclic amines) is 1. The number of nitrogens with zero attached hydrogens (tertiary/aromatic N) is 1. The van der Waals surface area contributed by atoms with Gasteiger partial charge >= 0.3 is 0 Å². The van der Waals surface area contributed by atoms with Crippen LogP contribution in [0.2, 0.25) is 0 Å². The first kappa shape index (κ1) is 24.9. The van der Waals surface area contributed by atoms with Gasteiger partial charge in [-0.3, -0.25) is 9.59 Å². The molecule has 1 atom stereocenters. The van der Waals surface area contributed by atoms with E-state index in [0.29, 0.717) is 19.4 Å². The van der Waals surface area contributed by atoms with Crippen molar-refractivity contribution in [1.82, 2.24) is 10.2 Å². The van der Waals surface area contributed by atoms with Crippen LogP contribution in [0.1, 0.15) is 110 Å². The van der Waals surface area contributed by atoms with Crippen LogP contribution in [0.25, 0.3) is 0 Å². The second kappa shape index (κ2) is 16.8. The number of aliphatic hydroxyl groups is 1. The number of nitrogens with one attached hydrogen (secondary N) is 1. The van der Waals surface area contributed by atoms with Gasteiger partial charge in [-0.25, -0.2) is 0 Å². The maximum absolute atomic E-state index is 12.2. The van der Waals surface area contributed by atoms with E-state index in [-0.39, 0.29) is 24.5 Å². The normalized spacial score (nSPS) is 16.5. The fraction of sp³-hybridized carbons (Fsp3) is 0.913. The van der Waals surface area contributed by atoms with Crippen molar-refractivity contribution in [3.8, 4) is 0 Å². The Hall–Kier alpha value is -1.10. The Balaban J connectivity index is 1.87. The minimum absolute atomic E-state index is 0.0350. The van der Waals surface area contributed by atoms with Crippen LogP contribution in [-0.4, -0.2) is 47.6 Å². The number of hydrogen-bond acceptors (Lipinski definition) is 3. The molecule has 0 aromatic carbocycles. The molecule has 1 aliphatic heterocycles. The molecule has 5 heteroatoms. The number of hydrogen-bond donors (Lipinski definition) is 2. The molecule has 0 spiro atoms. The molecule has 164 valence electrons. The number of carbonyl (C=O) groups excluding carboxylic acids is 2. The Kier molecular flexibility index (Phi) is 15.0. The van der Waals surface area contributed by atoms with E-state index < -0.39 is 0 Å². The summed E-state index contributed by atoms with van der Waals surface area (Å²) in [5.74, 6) is 0.341. The van der Waals surface area contributed by atoms with E-state index in [1.807, 2.05) is 4.90 Å². The largest absolute Gasteiger partial charge is 0.394 e. The third-order valence-electron chi connectivity index (χ3n) is 5.81. The lowest BCUT2D eigenvalue weighted by Crippen LogP contribution is -2.37. The van der Waals surface area contributed by atoms with Gasteiger partial charge in [0, 0.05) is 25.9 Å². The monoisotopic (exact) mass is 396 g/mol. The van der Waals surface area contributed by atoms with Crippen molar-refractivity contribution in [3.05, 3.63) is 0 Å². The van der Waals surface area contributed by atoms with Crippen LogP contribution < -0.4 is 5.32 Å². The number of rotatable bonds is 17. The summed E-state index contributed by atoms with van der Waals surface area (Å²) in [6, 6.07) is 0.0350. The molecule has 1 rings (SSSR count). The first-order valence-corrected chi connectivity index (χ1v) is 11.9. The molecule has 0 saturated carbocycles. The van der Waals surface area contributed by atoms with Gasteiger partial charge in [-0.15, -0.1) is 0 Å². The minimum Gasteiger partial charge on any atom is -0.394 e. The molecule has 1 fully saturated rings. The molecule has 0 radical (unpaired) electrons. The summed E-state index contributed by atoms with van der Waals surface area (Å²) in [4.78, 5) is 25.8. The third-order valence-corrected chi connectivity index (χ3v) is 5.81. The van der Waals surface area contributed by atoms with E-state index in [1.165, 1.54) is 44.9 Å². The lowest BCUT2D eigenvalue weighted by molar-refractivity contribution is -0.132. The second-order valence-corrected chi connectivity index (χ2v) is 8.30. The van der Waals surface area contributed by atoms with Crippen molar-refractivity contribution < 1.29 is 14.7 Å². The lowest BCUT2D eigenvalue weighted by Gasteiger charge is -2.22. The van der Waals surface area contributed by atoms with E-state index in [1.54, 1.807) is 0 Å². The van der Waals surface area contributed by atoms with Gasteiger partial charge in [-0.05, 0) is 32.1 Å². The number of unbranched alkanes of at least 4 members (excludes halogenated alkanes) is 10. The van der Waals surface area contributed by atoms with Crippen molar-refractivity contribution in [2.24, 2.45) is 0 Å². The minimum atomic E-state index is 0.0350. The summed E-state index contributed by atoms with van der Waals surface area (Å²) in [5, 5.41) is 12.3. The molecule has 2 amide bonds. The Bertz CT molecular complexity index is 415. The van der Waals surface area contributed by atoms with Gasteiger partial charge < -0.3 is 15.3 Å². The smallest absolute Gasteiger partial charge is 0.222 e. The highest BCUT2D eigenvalue weighted by Crippen LogP contribution is 2.18. The molecule has 1 aliphatic rings. The molecule has 5 nitrogen and oxygen atoms in total. The van der Waals surface area contributed by atoms with Crippen molar-refractivity contribution in [1.29, 1.82) is 0 Å². The van der Waals surface area contributed by atoms with Gasteiger partial charge in [0.2, 0.25) is 11.8 Å². The topological polar surface area (TPSA) is 69.6 Å². The first-order chi connectivity index (χ1) is 13.7. The van der Waals surface area contributed by atoms with Crippen LogP contribution in [0.5, 0.6) is 0 Å². The fourth-order valence-corrected chi connectivity index (χ4v) is 3.99. The highest BCUT2D eigenvalue weighted by atomic mass is 16.3. The first-order valence-electron chi connectivity index (χ1n) is 11.9. The predicted molar refractivity (Wildman–Crippen MR) is 115 cm³/mol. The summed E-state index contributed by atoms with van der Waals surface area (Å²) < 4.78 is 0. The zero-order valence-corrected chi connectivity index (χ0v) is 18.2. The third kappa shape index (κ3) is 11.7. The molecule has 0 unspecified atom stereocenters. The van der Waals surface area contributed by atoms with Gasteiger partial charge in [-0.2, -0.15) is 0 Å². The van der Waals surface area contributed by atoms with Crippen molar-refractivity contribution in [2.75, 3.05) is 19.7 Å². The van der Waals surface area contributed by atoms with Crippen LogP contribution in [0.15, 0.2) is 0 Å². The van der Waals surface area contributed by atoms with Crippen molar-refractivity contribution >= 4 is 11.8 Å². The summed E-state index contributed by atoms with van der Waals surface area (Å²) >= 11 is 0. The van der Waals surface area contributed by atoms with Crippen LogP contribution in [0, 0.1) is 0 Å². The zero-order chi connectivity index (χ0) is 20.5. The summed E-state index contributed by atoms with van der Waals surface area (Å²) in [6.45, 7) is 3.83. The van der Waals surface area contributed by atoms with E-state index in [0.717, 1.165) is 51.5 Å². The van der Waals surface area contributed by atoms with Gasteiger partial charge in [0.15, 0.2) is 0 Å². The fourth-order valence-electron chi connectivity index (χ4n) is 3.99. The average molecular weight is 397 g/mol. The number of amides is 2. The molecule has 0 aromatic heterocycles. The van der Waals surface area contributed by atoms with E-state index in [4.69, 9.17) is 0 Å². The quantitative estimate of drug-likeness (QED) is 0.354. The highest BCUT2D eigenvalue weighted by molar-refractivity contribution is 5.77. The molecular formula is C23H44N2O3. The maximum Gasteiger partial charge on any atom is 0.222 e. The number of aliphatic hydroxyl groups excluding tert-OH is 1. The molecule has 2 N–H and O–H groups in total. The molecular weight excluding hydrogens is 352 g/mol. The van der Waals surface area contributed by atoms with Crippen LogP contribution >= 0.6 is 0 Å². The molecule has 1 saturated heterocycles. The molecule has 0 bridgehead atoms. The van der Waals surface area contributed by atoms with Gasteiger partial charge in [0.25, 0.3) is 0 Å². The van der Waals surface area contributed by atoms with E-state index >= 15 is 0 Å². The average Bonchev–Trinajstić information content (AvgIpc) is 3.18.